The predicted octanol–water partition coefficient (Wildman–Crippen LogP) is 2.63. The van der Waals surface area contributed by atoms with Gasteiger partial charge in [0.1, 0.15) is 0 Å². The maximum atomic E-state index is 12.2. The van der Waals surface area contributed by atoms with E-state index in [2.05, 4.69) is 46.5 Å². The third kappa shape index (κ3) is 4.52. The molecule has 136 valence electrons. The lowest BCUT2D eigenvalue weighted by Crippen LogP contribution is -2.46. The Hall–Kier alpha value is -2.05. The zero-order valence-corrected chi connectivity index (χ0v) is 15.0. The van der Waals surface area contributed by atoms with Gasteiger partial charge in [0, 0.05) is 35.9 Å². The molecule has 1 aromatic carbocycles. The standard InChI is InChI=1S/C19H28N4O2/c1-22(2)11-12-23-10-9-14-13-15(7-8-17(14)23)20-19(25)21-16-5-3-4-6-18(16)24/h7-10,13,16,18,24H,3-6,11-12H2,1-2H3,(H2,20,21,25)/t16-,18+/m1/s1. The lowest BCUT2D eigenvalue weighted by molar-refractivity contribution is 0.0955. The van der Waals surface area contributed by atoms with Crippen LogP contribution in [0.5, 0.6) is 0 Å². The lowest BCUT2D eigenvalue weighted by atomic mass is 9.93. The monoisotopic (exact) mass is 344 g/mol. The smallest absolute Gasteiger partial charge is 0.319 e. The van der Waals surface area contributed by atoms with Crippen LogP contribution in [0.1, 0.15) is 25.7 Å². The van der Waals surface area contributed by atoms with Crippen molar-refractivity contribution in [2.24, 2.45) is 0 Å². The molecule has 1 aliphatic carbocycles. The predicted molar refractivity (Wildman–Crippen MR) is 101 cm³/mol. The topological polar surface area (TPSA) is 69.5 Å². The molecule has 1 fully saturated rings. The summed E-state index contributed by atoms with van der Waals surface area (Å²) in [4.78, 5) is 14.4. The third-order valence-corrected chi connectivity index (χ3v) is 4.86. The molecular weight excluding hydrogens is 316 g/mol. The maximum absolute atomic E-state index is 12.2. The van der Waals surface area contributed by atoms with Gasteiger partial charge < -0.3 is 25.2 Å². The zero-order chi connectivity index (χ0) is 17.8. The van der Waals surface area contributed by atoms with Crippen molar-refractivity contribution < 1.29 is 9.90 Å². The van der Waals surface area contributed by atoms with Crippen LogP contribution in [0.2, 0.25) is 0 Å². The molecule has 0 radical (unpaired) electrons. The van der Waals surface area contributed by atoms with Crippen LogP contribution in [-0.4, -0.2) is 53.4 Å². The van der Waals surface area contributed by atoms with Gasteiger partial charge in [-0.3, -0.25) is 0 Å². The van der Waals surface area contributed by atoms with Crippen LogP contribution in [0.15, 0.2) is 30.5 Å². The minimum atomic E-state index is -0.437. The number of likely N-dealkylation sites (N-methyl/N-ethyl adjacent to an activating group) is 1. The molecule has 6 heteroatoms. The highest BCUT2D eigenvalue weighted by molar-refractivity contribution is 5.93. The molecule has 1 heterocycles. The highest BCUT2D eigenvalue weighted by Gasteiger charge is 2.24. The molecule has 3 N–H and O–H groups in total. The molecule has 0 saturated heterocycles. The number of carbonyl (C=O) groups excluding carboxylic acids is 1. The van der Waals surface area contributed by atoms with Crippen molar-refractivity contribution >= 4 is 22.6 Å². The highest BCUT2D eigenvalue weighted by Crippen LogP contribution is 2.21. The number of aromatic nitrogens is 1. The number of anilines is 1. The quantitative estimate of drug-likeness (QED) is 0.781. The summed E-state index contributed by atoms with van der Waals surface area (Å²) in [5.41, 5.74) is 1.93. The molecular formula is C19H28N4O2. The number of nitrogens with zero attached hydrogens (tertiary/aromatic N) is 2. The Morgan fingerprint density at radius 1 is 1.28 bits per heavy atom. The van der Waals surface area contributed by atoms with E-state index in [-0.39, 0.29) is 12.1 Å². The molecule has 2 atom stereocenters. The fourth-order valence-corrected chi connectivity index (χ4v) is 3.40. The van der Waals surface area contributed by atoms with Crippen molar-refractivity contribution in [3.8, 4) is 0 Å². The molecule has 2 amide bonds. The molecule has 0 aliphatic heterocycles. The van der Waals surface area contributed by atoms with Gasteiger partial charge in [-0.25, -0.2) is 4.79 Å². The van der Waals surface area contributed by atoms with Gasteiger partial charge >= 0.3 is 6.03 Å². The molecule has 0 bridgehead atoms. The first-order valence-corrected chi connectivity index (χ1v) is 9.02. The summed E-state index contributed by atoms with van der Waals surface area (Å²) < 4.78 is 2.22. The summed E-state index contributed by atoms with van der Waals surface area (Å²) in [7, 11) is 4.13. The van der Waals surface area contributed by atoms with Gasteiger partial charge in [0.25, 0.3) is 0 Å². The fraction of sp³-hybridized carbons (Fsp3) is 0.526. The fourth-order valence-electron chi connectivity index (χ4n) is 3.40. The van der Waals surface area contributed by atoms with Crippen molar-refractivity contribution in [3.63, 3.8) is 0 Å². The number of amides is 2. The van der Waals surface area contributed by atoms with Gasteiger partial charge in [0.15, 0.2) is 0 Å². The number of fused-ring (bicyclic) bond motifs is 1. The van der Waals surface area contributed by atoms with E-state index in [0.29, 0.717) is 0 Å². The van der Waals surface area contributed by atoms with Crippen molar-refractivity contribution in [2.75, 3.05) is 26.0 Å². The zero-order valence-electron chi connectivity index (χ0n) is 15.0. The van der Waals surface area contributed by atoms with Crippen LogP contribution >= 0.6 is 0 Å². The van der Waals surface area contributed by atoms with E-state index in [1.54, 1.807) is 0 Å². The number of aliphatic hydroxyl groups excluding tert-OH is 1. The van der Waals surface area contributed by atoms with E-state index in [1.165, 1.54) is 0 Å². The normalized spacial score (nSPS) is 20.8. The van der Waals surface area contributed by atoms with Crippen LogP contribution in [0.25, 0.3) is 10.9 Å². The highest BCUT2D eigenvalue weighted by atomic mass is 16.3. The van der Waals surface area contributed by atoms with Gasteiger partial charge in [-0.1, -0.05) is 12.8 Å². The van der Waals surface area contributed by atoms with Crippen LogP contribution < -0.4 is 10.6 Å². The number of urea groups is 1. The number of nitrogens with one attached hydrogen (secondary N) is 2. The summed E-state index contributed by atoms with van der Waals surface area (Å²) in [5.74, 6) is 0. The average molecular weight is 344 g/mol. The molecule has 25 heavy (non-hydrogen) atoms. The third-order valence-electron chi connectivity index (χ3n) is 4.86. The molecule has 1 saturated carbocycles. The first kappa shape index (κ1) is 17.8. The van der Waals surface area contributed by atoms with E-state index >= 15 is 0 Å². The molecule has 6 nitrogen and oxygen atoms in total. The van der Waals surface area contributed by atoms with E-state index in [1.807, 2.05) is 18.2 Å². The molecule has 2 aromatic rings. The number of aliphatic hydroxyl groups is 1. The van der Waals surface area contributed by atoms with Crippen molar-refractivity contribution in [1.82, 2.24) is 14.8 Å². The first-order valence-electron chi connectivity index (χ1n) is 9.02. The van der Waals surface area contributed by atoms with Crippen LogP contribution in [0.4, 0.5) is 10.5 Å². The number of benzene rings is 1. The molecule has 1 aromatic heterocycles. The van der Waals surface area contributed by atoms with E-state index in [4.69, 9.17) is 0 Å². The minimum absolute atomic E-state index is 0.149. The van der Waals surface area contributed by atoms with E-state index in [9.17, 15) is 9.90 Å². The Morgan fingerprint density at radius 2 is 2.08 bits per heavy atom. The van der Waals surface area contributed by atoms with Crippen LogP contribution in [-0.2, 0) is 6.54 Å². The van der Waals surface area contributed by atoms with Crippen LogP contribution in [0, 0.1) is 0 Å². The van der Waals surface area contributed by atoms with E-state index < -0.39 is 6.10 Å². The molecule has 1 aliphatic rings. The number of rotatable bonds is 5. The summed E-state index contributed by atoms with van der Waals surface area (Å²) in [6.45, 7) is 1.92. The minimum Gasteiger partial charge on any atom is -0.391 e. The number of hydrogen-bond donors (Lipinski definition) is 3. The summed E-state index contributed by atoms with van der Waals surface area (Å²) >= 11 is 0. The lowest BCUT2D eigenvalue weighted by Gasteiger charge is -2.28. The SMILES string of the molecule is CN(C)CCn1ccc2cc(NC(=O)N[C@@H]3CCCC[C@@H]3O)ccc21. The Kier molecular flexibility index (Phi) is 5.60. The van der Waals surface area contributed by atoms with Gasteiger partial charge in [-0.05, 0) is 51.2 Å². The second kappa shape index (κ2) is 7.89. The summed E-state index contributed by atoms with van der Waals surface area (Å²) in [6, 6.07) is 7.61. The van der Waals surface area contributed by atoms with E-state index in [0.717, 1.165) is 55.4 Å². The van der Waals surface area contributed by atoms with Gasteiger partial charge in [-0.15, -0.1) is 0 Å². The number of carbonyl (C=O) groups is 1. The van der Waals surface area contributed by atoms with Crippen molar-refractivity contribution in [2.45, 2.75) is 44.4 Å². The molecule has 0 spiro atoms. The van der Waals surface area contributed by atoms with Crippen LogP contribution in [0.3, 0.4) is 0 Å². The summed E-state index contributed by atoms with van der Waals surface area (Å²) in [6.07, 6.45) is 5.32. The Bertz CT molecular complexity index is 725. The largest absolute Gasteiger partial charge is 0.391 e. The molecule has 3 rings (SSSR count). The number of hydrogen-bond acceptors (Lipinski definition) is 3. The van der Waals surface area contributed by atoms with Gasteiger partial charge in [0.05, 0.1) is 12.1 Å². The first-order chi connectivity index (χ1) is 12.0. The maximum Gasteiger partial charge on any atom is 0.319 e. The van der Waals surface area contributed by atoms with Crippen molar-refractivity contribution in [1.29, 1.82) is 0 Å². The van der Waals surface area contributed by atoms with Gasteiger partial charge in [-0.2, -0.15) is 0 Å². The second-order valence-electron chi connectivity index (χ2n) is 7.14. The Morgan fingerprint density at radius 3 is 2.84 bits per heavy atom. The molecule has 0 unspecified atom stereocenters. The second-order valence-corrected chi connectivity index (χ2v) is 7.14. The Balaban J connectivity index is 1.62. The summed E-state index contributed by atoms with van der Waals surface area (Å²) in [5, 5.41) is 16.8. The van der Waals surface area contributed by atoms with Crippen molar-refractivity contribution in [3.05, 3.63) is 30.5 Å². The average Bonchev–Trinajstić information content (AvgIpc) is 2.97. The Labute approximate surface area is 148 Å². The van der Waals surface area contributed by atoms with Gasteiger partial charge in [0.2, 0.25) is 0 Å².